The molecule has 1 aromatic carbocycles. The lowest BCUT2D eigenvalue weighted by Gasteiger charge is -2.38. The fraction of sp³-hybridized carbons (Fsp3) is 0.368. The summed E-state index contributed by atoms with van der Waals surface area (Å²) in [5.74, 6) is 1.69. The van der Waals surface area contributed by atoms with Crippen LogP contribution in [0.4, 0.5) is 10.5 Å². The number of pyridine rings is 1. The molecule has 0 spiro atoms. The van der Waals surface area contributed by atoms with E-state index in [0.29, 0.717) is 36.0 Å². The second-order valence-corrected chi connectivity index (χ2v) is 6.37. The molecule has 2 aromatic rings. The quantitative estimate of drug-likeness (QED) is 0.867. The maximum atomic E-state index is 12.4. The lowest BCUT2D eigenvalue weighted by atomic mass is 10.2. The number of aryl methyl sites for hydroxylation is 1. The highest BCUT2D eigenvalue weighted by molar-refractivity contribution is 5.91. The standard InChI is InChI=1S/C19H23N3O5/c1-12-7-14(9-18(23)21(12)2)27-15-10-22(11-15)19(24)20-16-6-5-13(25-3)8-17(16)26-4/h5-9,15H,10-11H2,1-4H3,(H,20,24). The number of hydrogen-bond donors (Lipinski definition) is 1. The van der Waals surface area contributed by atoms with Crippen LogP contribution in [0.2, 0.25) is 0 Å². The van der Waals surface area contributed by atoms with E-state index < -0.39 is 0 Å². The van der Waals surface area contributed by atoms with Crippen molar-refractivity contribution in [2.24, 2.45) is 7.05 Å². The van der Waals surface area contributed by atoms with Crippen LogP contribution in [0.3, 0.4) is 0 Å². The molecule has 0 atom stereocenters. The second-order valence-electron chi connectivity index (χ2n) is 6.37. The Kier molecular flexibility index (Phi) is 5.25. The first-order valence-electron chi connectivity index (χ1n) is 8.53. The summed E-state index contributed by atoms with van der Waals surface area (Å²) in [6.07, 6.45) is -0.139. The summed E-state index contributed by atoms with van der Waals surface area (Å²) in [5.41, 5.74) is 1.26. The van der Waals surface area contributed by atoms with Crippen LogP contribution in [0, 0.1) is 6.92 Å². The minimum Gasteiger partial charge on any atom is -0.497 e. The Morgan fingerprint density at radius 3 is 2.48 bits per heavy atom. The van der Waals surface area contributed by atoms with Crippen LogP contribution in [-0.2, 0) is 7.05 Å². The third-order valence-electron chi connectivity index (χ3n) is 4.56. The minimum absolute atomic E-state index is 0.120. The Hall–Kier alpha value is -3.16. The summed E-state index contributed by atoms with van der Waals surface area (Å²) in [6.45, 7) is 2.73. The molecular formula is C19H23N3O5. The highest BCUT2D eigenvalue weighted by atomic mass is 16.5. The zero-order valence-electron chi connectivity index (χ0n) is 15.8. The number of benzene rings is 1. The number of hydrogen-bond acceptors (Lipinski definition) is 5. The van der Waals surface area contributed by atoms with E-state index in [1.807, 2.05) is 13.0 Å². The summed E-state index contributed by atoms with van der Waals surface area (Å²) >= 11 is 0. The van der Waals surface area contributed by atoms with Crippen molar-refractivity contribution in [1.29, 1.82) is 0 Å². The normalized spacial score (nSPS) is 13.7. The number of nitrogens with zero attached hydrogens (tertiary/aromatic N) is 2. The zero-order valence-corrected chi connectivity index (χ0v) is 15.8. The molecule has 0 radical (unpaired) electrons. The molecule has 1 fully saturated rings. The summed E-state index contributed by atoms with van der Waals surface area (Å²) in [4.78, 5) is 25.8. The van der Waals surface area contributed by atoms with Crippen molar-refractivity contribution in [3.63, 3.8) is 0 Å². The van der Waals surface area contributed by atoms with E-state index in [9.17, 15) is 9.59 Å². The topological polar surface area (TPSA) is 82.0 Å². The predicted molar refractivity (Wildman–Crippen MR) is 101 cm³/mol. The van der Waals surface area contributed by atoms with Crippen LogP contribution < -0.4 is 25.1 Å². The summed E-state index contributed by atoms with van der Waals surface area (Å²) < 4.78 is 17.8. The van der Waals surface area contributed by atoms with Crippen LogP contribution in [0.5, 0.6) is 17.2 Å². The highest BCUT2D eigenvalue weighted by Crippen LogP contribution is 2.29. The van der Waals surface area contributed by atoms with Crippen molar-refractivity contribution in [2.75, 3.05) is 32.6 Å². The van der Waals surface area contributed by atoms with Gasteiger partial charge in [0.05, 0.1) is 33.0 Å². The van der Waals surface area contributed by atoms with Gasteiger partial charge in [0, 0.05) is 24.9 Å². The molecule has 1 N–H and O–H groups in total. The van der Waals surface area contributed by atoms with Gasteiger partial charge >= 0.3 is 6.03 Å². The van der Waals surface area contributed by atoms with Gasteiger partial charge in [-0.05, 0) is 25.1 Å². The van der Waals surface area contributed by atoms with E-state index in [1.165, 1.54) is 13.2 Å². The molecule has 3 rings (SSSR count). The fourth-order valence-corrected chi connectivity index (χ4v) is 2.77. The van der Waals surface area contributed by atoms with Crippen molar-refractivity contribution in [3.8, 4) is 17.2 Å². The Balaban J connectivity index is 1.57. The molecule has 1 saturated heterocycles. The van der Waals surface area contributed by atoms with E-state index >= 15 is 0 Å². The highest BCUT2D eigenvalue weighted by Gasteiger charge is 2.32. The zero-order chi connectivity index (χ0) is 19.6. The Bertz CT molecular complexity index is 903. The molecule has 1 aliphatic heterocycles. The molecule has 1 aromatic heterocycles. The number of amides is 2. The first kappa shape index (κ1) is 18.6. The number of carbonyl (C=O) groups excluding carboxylic acids is 1. The third kappa shape index (κ3) is 3.99. The lowest BCUT2D eigenvalue weighted by molar-refractivity contribution is 0.0490. The molecule has 8 nitrogen and oxygen atoms in total. The number of carbonyl (C=O) groups is 1. The number of likely N-dealkylation sites (tertiary alicyclic amines) is 1. The molecule has 144 valence electrons. The summed E-state index contributed by atoms with van der Waals surface area (Å²) in [7, 11) is 4.81. The average Bonchev–Trinajstić information content (AvgIpc) is 2.62. The lowest BCUT2D eigenvalue weighted by Crippen LogP contribution is -2.57. The Morgan fingerprint density at radius 1 is 1.11 bits per heavy atom. The van der Waals surface area contributed by atoms with Gasteiger partial charge in [0.2, 0.25) is 0 Å². The van der Waals surface area contributed by atoms with E-state index in [0.717, 1.165) is 5.69 Å². The van der Waals surface area contributed by atoms with Crippen molar-refractivity contribution < 1.29 is 19.0 Å². The van der Waals surface area contributed by atoms with Gasteiger partial charge in [0.25, 0.3) is 5.56 Å². The van der Waals surface area contributed by atoms with Crippen molar-refractivity contribution in [1.82, 2.24) is 9.47 Å². The van der Waals surface area contributed by atoms with Crippen molar-refractivity contribution in [2.45, 2.75) is 13.0 Å². The van der Waals surface area contributed by atoms with Crippen molar-refractivity contribution >= 4 is 11.7 Å². The molecule has 0 saturated carbocycles. The molecule has 27 heavy (non-hydrogen) atoms. The maximum Gasteiger partial charge on any atom is 0.322 e. The molecule has 0 aliphatic carbocycles. The molecule has 8 heteroatoms. The number of ether oxygens (including phenoxy) is 3. The number of methoxy groups -OCH3 is 2. The molecular weight excluding hydrogens is 350 g/mol. The predicted octanol–water partition coefficient (Wildman–Crippen LogP) is 2.01. The van der Waals surface area contributed by atoms with E-state index in [2.05, 4.69) is 5.32 Å². The third-order valence-corrected chi connectivity index (χ3v) is 4.56. The molecule has 2 amide bonds. The number of aromatic nitrogens is 1. The monoisotopic (exact) mass is 373 g/mol. The number of urea groups is 1. The van der Waals surface area contributed by atoms with E-state index in [1.54, 1.807) is 41.8 Å². The molecule has 2 heterocycles. The number of anilines is 1. The van der Waals surface area contributed by atoms with Crippen molar-refractivity contribution in [3.05, 3.63) is 46.4 Å². The first-order chi connectivity index (χ1) is 12.9. The van der Waals surface area contributed by atoms with E-state index in [-0.39, 0.29) is 17.7 Å². The van der Waals surface area contributed by atoms with Gasteiger partial charge in [-0.1, -0.05) is 0 Å². The Labute approximate surface area is 157 Å². The first-order valence-corrected chi connectivity index (χ1v) is 8.53. The van der Waals surface area contributed by atoms with Gasteiger partial charge in [0.1, 0.15) is 23.4 Å². The second kappa shape index (κ2) is 7.61. The summed E-state index contributed by atoms with van der Waals surface area (Å²) in [5, 5.41) is 2.82. The molecule has 1 aliphatic rings. The van der Waals surface area contributed by atoms with Crippen LogP contribution in [0.25, 0.3) is 0 Å². The number of nitrogens with one attached hydrogen (secondary N) is 1. The van der Waals surface area contributed by atoms with E-state index in [4.69, 9.17) is 14.2 Å². The van der Waals surface area contributed by atoms with Gasteiger partial charge in [-0.25, -0.2) is 4.79 Å². The van der Waals surface area contributed by atoms with Gasteiger partial charge in [-0.15, -0.1) is 0 Å². The Morgan fingerprint density at radius 2 is 1.85 bits per heavy atom. The van der Waals surface area contributed by atoms with Crippen LogP contribution in [0.15, 0.2) is 35.1 Å². The van der Waals surface area contributed by atoms with Gasteiger partial charge in [0.15, 0.2) is 0 Å². The molecule has 0 unspecified atom stereocenters. The number of rotatable bonds is 5. The molecule has 0 bridgehead atoms. The minimum atomic E-state index is -0.238. The fourth-order valence-electron chi connectivity index (χ4n) is 2.77. The van der Waals surface area contributed by atoms with Crippen LogP contribution in [-0.4, -0.2) is 48.9 Å². The van der Waals surface area contributed by atoms with Crippen LogP contribution >= 0.6 is 0 Å². The van der Waals surface area contributed by atoms with Gasteiger partial charge in [-0.2, -0.15) is 0 Å². The van der Waals surface area contributed by atoms with Gasteiger partial charge < -0.3 is 29.0 Å². The average molecular weight is 373 g/mol. The maximum absolute atomic E-state index is 12.4. The smallest absolute Gasteiger partial charge is 0.322 e. The largest absolute Gasteiger partial charge is 0.497 e. The SMILES string of the molecule is COc1ccc(NC(=O)N2CC(Oc3cc(C)n(C)c(=O)c3)C2)c(OC)c1. The van der Waals surface area contributed by atoms with Crippen LogP contribution in [0.1, 0.15) is 5.69 Å². The summed E-state index contributed by atoms with van der Waals surface area (Å²) in [6, 6.07) is 8.21. The van der Waals surface area contributed by atoms with Gasteiger partial charge in [-0.3, -0.25) is 4.79 Å².